The van der Waals surface area contributed by atoms with Gasteiger partial charge < -0.3 is 51.1 Å². The molecule has 10 aromatic carbocycles. The van der Waals surface area contributed by atoms with E-state index in [-0.39, 0.29) is 57.5 Å². The van der Waals surface area contributed by atoms with Crippen LogP contribution in [0.5, 0.6) is 57.5 Å². The van der Waals surface area contributed by atoms with Gasteiger partial charge in [0.2, 0.25) is 0 Å². The Labute approximate surface area is 415 Å². The first-order valence-electron chi connectivity index (χ1n) is 23.4. The summed E-state index contributed by atoms with van der Waals surface area (Å²) in [7, 11) is 0. The Morgan fingerprint density at radius 2 is 0.583 bits per heavy atom. The molecule has 0 aromatic heterocycles. The molecule has 10 aromatic rings. The average molecular weight is 957 g/mol. The Balaban J connectivity index is 0.000000178. The Morgan fingerprint density at radius 3 is 1.00 bits per heavy atom. The van der Waals surface area contributed by atoms with Gasteiger partial charge in [0, 0.05) is 48.4 Å². The van der Waals surface area contributed by atoms with Crippen LogP contribution in [-0.4, -0.2) is 51.1 Å². The van der Waals surface area contributed by atoms with E-state index >= 15 is 0 Å². The van der Waals surface area contributed by atoms with Crippen LogP contribution in [0.3, 0.4) is 0 Å². The Kier molecular flexibility index (Phi) is 13.8. The molecule has 0 unspecified atom stereocenters. The molecule has 0 saturated carbocycles. The van der Waals surface area contributed by atoms with E-state index in [0.717, 1.165) is 49.7 Å². The van der Waals surface area contributed by atoms with Crippen LogP contribution in [0.15, 0.2) is 182 Å². The molecule has 0 saturated heterocycles. The Bertz CT molecular complexity index is 3420. The van der Waals surface area contributed by atoms with Crippen molar-refractivity contribution in [3.63, 3.8) is 0 Å². The highest BCUT2D eigenvalue weighted by Crippen LogP contribution is 2.42. The summed E-state index contributed by atoms with van der Waals surface area (Å²) in [6.45, 7) is 0. The van der Waals surface area contributed by atoms with Crippen LogP contribution in [0, 0.1) is 0 Å². The van der Waals surface area contributed by atoms with Crippen molar-refractivity contribution in [3.05, 3.63) is 249 Å². The second kappa shape index (κ2) is 20.8. The minimum absolute atomic E-state index is 0.0863. The third-order valence-corrected chi connectivity index (χ3v) is 13.0. The molecule has 0 atom stereocenters. The van der Waals surface area contributed by atoms with Crippen LogP contribution >= 0.6 is 0 Å². The minimum Gasteiger partial charge on any atom is -0.508 e. The zero-order valence-corrected chi connectivity index (χ0v) is 39.0. The van der Waals surface area contributed by atoms with E-state index in [9.17, 15) is 51.1 Å². The number of phenolic OH excluding ortho intramolecular Hbond substituents is 10. The summed E-state index contributed by atoms with van der Waals surface area (Å²) in [5.41, 5.74) is 10.1. The number of rotatable bonds is 12. The van der Waals surface area contributed by atoms with Crippen LogP contribution < -0.4 is 0 Å². The van der Waals surface area contributed by atoms with E-state index in [1.54, 1.807) is 91.0 Å². The van der Waals surface area contributed by atoms with E-state index in [2.05, 4.69) is 0 Å². The van der Waals surface area contributed by atoms with Gasteiger partial charge in [-0.05, 0) is 169 Å². The topological polar surface area (TPSA) is 202 Å². The standard InChI is InChI=1S/2C31H26O5/c32-25-9-1-19(2-10-25)15-23-8-7-22-18-24(16-20-3-11-26(33)12-4-20)30(35)28(29(22)31(23)36)17-21-5-13-27(34)14-6-21;32-25-7-1-19(2-8-25)13-22-16-24(15-21-5-11-27(34)12-6-21)31(36)29-18-30(35)23(17-28(22)29)14-20-3-9-26(33)10-4-20/h1-14,18,32-36H,15-17H2;1-12,16-18,32-36H,13-15H2. The van der Waals surface area contributed by atoms with Gasteiger partial charge in [-0.3, -0.25) is 0 Å². The zero-order valence-electron chi connectivity index (χ0n) is 39.0. The molecule has 0 aliphatic carbocycles. The highest BCUT2D eigenvalue weighted by molar-refractivity contribution is 5.96. The van der Waals surface area contributed by atoms with Crippen molar-refractivity contribution in [1.82, 2.24) is 0 Å². The lowest BCUT2D eigenvalue weighted by molar-refractivity contribution is 0.460. The normalized spacial score (nSPS) is 11.1. The molecule has 0 heterocycles. The minimum atomic E-state index is 0.0863. The lowest BCUT2D eigenvalue weighted by atomic mass is 9.89. The van der Waals surface area contributed by atoms with Crippen molar-refractivity contribution >= 4 is 21.5 Å². The number of hydrogen-bond donors (Lipinski definition) is 10. The van der Waals surface area contributed by atoms with Crippen molar-refractivity contribution in [3.8, 4) is 57.5 Å². The number of hydrogen-bond acceptors (Lipinski definition) is 10. The summed E-state index contributed by atoms with van der Waals surface area (Å²) < 4.78 is 0. The van der Waals surface area contributed by atoms with Crippen LogP contribution in [0.1, 0.15) is 66.8 Å². The molecule has 10 heteroatoms. The molecule has 72 heavy (non-hydrogen) atoms. The number of benzene rings is 10. The molecule has 0 fully saturated rings. The van der Waals surface area contributed by atoms with Gasteiger partial charge in [0.1, 0.15) is 57.5 Å². The van der Waals surface area contributed by atoms with Crippen LogP contribution in [0.25, 0.3) is 21.5 Å². The van der Waals surface area contributed by atoms with E-state index in [1.807, 2.05) is 91.0 Å². The van der Waals surface area contributed by atoms with Crippen molar-refractivity contribution in [1.29, 1.82) is 0 Å². The third kappa shape index (κ3) is 11.1. The lowest BCUT2D eigenvalue weighted by Gasteiger charge is -2.17. The first-order valence-corrected chi connectivity index (χ1v) is 23.4. The summed E-state index contributed by atoms with van der Waals surface area (Å²) in [4.78, 5) is 0. The molecular weight excluding hydrogens is 905 g/mol. The maximum absolute atomic E-state index is 11.4. The van der Waals surface area contributed by atoms with Gasteiger partial charge in [0.25, 0.3) is 0 Å². The summed E-state index contributed by atoms with van der Waals surface area (Å²) in [6.07, 6.45) is 2.79. The zero-order chi connectivity index (χ0) is 50.5. The molecule has 10 N–H and O–H groups in total. The molecule has 10 rings (SSSR count). The van der Waals surface area contributed by atoms with Gasteiger partial charge in [-0.25, -0.2) is 0 Å². The maximum atomic E-state index is 11.4. The van der Waals surface area contributed by atoms with Gasteiger partial charge in [-0.2, -0.15) is 0 Å². The van der Waals surface area contributed by atoms with Gasteiger partial charge in [0.15, 0.2) is 0 Å². The van der Waals surface area contributed by atoms with Gasteiger partial charge in [-0.1, -0.05) is 91.0 Å². The van der Waals surface area contributed by atoms with Crippen LogP contribution in [0.2, 0.25) is 0 Å². The predicted octanol–water partition coefficient (Wildman–Crippen LogP) is 12.3. The second-order valence-electron chi connectivity index (χ2n) is 18.2. The second-order valence-corrected chi connectivity index (χ2v) is 18.2. The summed E-state index contributed by atoms with van der Waals surface area (Å²) in [6, 6.07) is 52.5. The summed E-state index contributed by atoms with van der Waals surface area (Å²) >= 11 is 0. The lowest BCUT2D eigenvalue weighted by Crippen LogP contribution is -1.99. The monoisotopic (exact) mass is 956 g/mol. The van der Waals surface area contributed by atoms with E-state index < -0.39 is 0 Å². The van der Waals surface area contributed by atoms with E-state index in [4.69, 9.17) is 0 Å². The highest BCUT2D eigenvalue weighted by atomic mass is 16.3. The molecule has 0 spiro atoms. The van der Waals surface area contributed by atoms with Gasteiger partial charge in [-0.15, -0.1) is 0 Å². The van der Waals surface area contributed by atoms with Crippen molar-refractivity contribution in [2.75, 3.05) is 0 Å². The SMILES string of the molecule is Oc1ccc(Cc2cc3c(Cc4ccc(O)cc4)cc(Cc4ccc(O)cc4)c(O)c3cc2O)cc1.Oc1ccc(Cc2cc3ccc(Cc4ccc(O)cc4)c(O)c3c(Cc3ccc(O)cc3)c2O)cc1. The fraction of sp³-hybridized carbons (Fsp3) is 0.0968. The molecule has 0 aliphatic rings. The molecular formula is C62H52O10. The largest absolute Gasteiger partial charge is 0.508 e. The van der Waals surface area contributed by atoms with Crippen LogP contribution in [0.4, 0.5) is 0 Å². The quantitative estimate of drug-likeness (QED) is 0.0561. The molecule has 10 nitrogen and oxygen atoms in total. The number of phenols is 10. The Hall–Kier alpha value is -9.28. The molecule has 0 amide bonds. The fourth-order valence-corrected chi connectivity index (χ4v) is 9.14. The van der Waals surface area contributed by atoms with Gasteiger partial charge >= 0.3 is 0 Å². The summed E-state index contributed by atoms with van der Waals surface area (Å²) in [5, 5.41) is 105. The Morgan fingerprint density at radius 1 is 0.236 bits per heavy atom. The smallest absolute Gasteiger partial charge is 0.127 e. The molecule has 0 aliphatic heterocycles. The molecule has 360 valence electrons. The molecule has 0 bridgehead atoms. The fourth-order valence-electron chi connectivity index (χ4n) is 9.14. The van der Waals surface area contributed by atoms with Crippen LogP contribution in [-0.2, 0) is 38.5 Å². The number of fused-ring (bicyclic) bond motifs is 2. The van der Waals surface area contributed by atoms with Gasteiger partial charge in [0.05, 0.1) is 0 Å². The highest BCUT2D eigenvalue weighted by Gasteiger charge is 2.20. The third-order valence-electron chi connectivity index (χ3n) is 13.0. The van der Waals surface area contributed by atoms with E-state index in [1.165, 1.54) is 0 Å². The predicted molar refractivity (Wildman–Crippen MR) is 280 cm³/mol. The first-order chi connectivity index (χ1) is 34.7. The maximum Gasteiger partial charge on any atom is 0.127 e. The first kappa shape index (κ1) is 47.8. The molecule has 0 radical (unpaired) electrons. The van der Waals surface area contributed by atoms with Crippen molar-refractivity contribution in [2.45, 2.75) is 38.5 Å². The van der Waals surface area contributed by atoms with Crippen molar-refractivity contribution < 1.29 is 51.1 Å². The number of aromatic hydroxyl groups is 10. The van der Waals surface area contributed by atoms with E-state index in [0.29, 0.717) is 77.1 Å². The van der Waals surface area contributed by atoms with Crippen molar-refractivity contribution in [2.24, 2.45) is 0 Å². The average Bonchev–Trinajstić information content (AvgIpc) is 3.37. The summed E-state index contributed by atoms with van der Waals surface area (Å²) in [5.74, 6) is 1.51.